The molecule has 2 heterocycles. The molecule has 3 aromatic rings. The predicted molar refractivity (Wildman–Crippen MR) is 84.8 cm³/mol. The second-order valence-corrected chi connectivity index (χ2v) is 5.52. The summed E-state index contributed by atoms with van der Waals surface area (Å²) < 4.78 is 0. The van der Waals surface area contributed by atoms with Crippen molar-refractivity contribution in [3.63, 3.8) is 0 Å². The van der Waals surface area contributed by atoms with E-state index >= 15 is 0 Å². The molecule has 0 bridgehead atoms. The summed E-state index contributed by atoms with van der Waals surface area (Å²) in [6, 6.07) is 10.8. The summed E-state index contributed by atoms with van der Waals surface area (Å²) in [5.74, 6) is -0.221. The van der Waals surface area contributed by atoms with E-state index in [1.807, 2.05) is 29.6 Å². The molecule has 0 aliphatic rings. The Morgan fingerprint density at radius 2 is 1.90 bits per heavy atom. The van der Waals surface area contributed by atoms with Crippen LogP contribution in [0.15, 0.2) is 54.2 Å². The van der Waals surface area contributed by atoms with Gasteiger partial charge < -0.3 is 5.32 Å². The number of nitrogens with zero attached hydrogens (tertiary/aromatic N) is 2. The van der Waals surface area contributed by atoms with Gasteiger partial charge in [0.1, 0.15) is 10.2 Å². The van der Waals surface area contributed by atoms with E-state index < -0.39 is 0 Å². The van der Waals surface area contributed by atoms with Gasteiger partial charge in [0.05, 0.1) is 5.56 Å². The summed E-state index contributed by atoms with van der Waals surface area (Å²) in [6.45, 7) is 0. The molecule has 0 aliphatic carbocycles. The van der Waals surface area contributed by atoms with Crippen LogP contribution in [0, 0.1) is 0 Å². The zero-order valence-corrected chi connectivity index (χ0v) is 12.4. The fourth-order valence-electron chi connectivity index (χ4n) is 1.78. The number of rotatable bonds is 3. The molecule has 0 radical (unpaired) electrons. The summed E-state index contributed by atoms with van der Waals surface area (Å²) in [5.41, 5.74) is 2.20. The highest BCUT2D eigenvalue weighted by Gasteiger charge is 2.07. The monoisotopic (exact) mass is 315 g/mol. The van der Waals surface area contributed by atoms with Crippen LogP contribution in [0.1, 0.15) is 10.4 Å². The Morgan fingerprint density at radius 1 is 1.10 bits per heavy atom. The lowest BCUT2D eigenvalue weighted by molar-refractivity contribution is 0.102. The minimum absolute atomic E-state index is 0.221. The number of pyridine rings is 1. The van der Waals surface area contributed by atoms with E-state index in [1.165, 1.54) is 6.20 Å². The maximum Gasteiger partial charge on any atom is 0.257 e. The third kappa shape index (κ3) is 3.26. The van der Waals surface area contributed by atoms with E-state index in [0.717, 1.165) is 16.3 Å². The van der Waals surface area contributed by atoms with E-state index in [4.69, 9.17) is 11.6 Å². The van der Waals surface area contributed by atoms with Crippen LogP contribution in [0.5, 0.6) is 0 Å². The Bertz CT molecular complexity index is 740. The summed E-state index contributed by atoms with van der Waals surface area (Å²) in [6.07, 6.45) is 3.21. The predicted octanol–water partition coefficient (Wildman–Crippen LogP) is 4.11. The number of carbonyl (C=O) groups excluding carboxylic acids is 1. The first-order valence-corrected chi connectivity index (χ1v) is 7.41. The van der Waals surface area contributed by atoms with Gasteiger partial charge in [0, 0.05) is 29.0 Å². The highest BCUT2D eigenvalue weighted by Crippen LogP contribution is 2.23. The normalized spacial score (nSPS) is 10.3. The number of halogens is 1. The van der Waals surface area contributed by atoms with Crippen molar-refractivity contribution in [2.24, 2.45) is 0 Å². The number of aromatic nitrogens is 2. The molecular weight excluding hydrogens is 306 g/mol. The van der Waals surface area contributed by atoms with Gasteiger partial charge in [-0.2, -0.15) is 0 Å². The van der Waals surface area contributed by atoms with Crippen LogP contribution in [-0.4, -0.2) is 15.9 Å². The minimum atomic E-state index is -0.221. The third-order valence-corrected chi connectivity index (χ3v) is 3.86. The van der Waals surface area contributed by atoms with E-state index in [0.29, 0.717) is 10.7 Å². The molecular formula is C15H10ClN3OS. The standard InChI is InChI=1S/C15H10ClN3OS/c16-13-6-3-11(9-18-13)14(20)19-12-4-1-10(2-5-12)15-17-7-8-21-15/h1-9H,(H,19,20). The zero-order valence-electron chi connectivity index (χ0n) is 10.8. The van der Waals surface area contributed by atoms with Crippen molar-refractivity contribution in [2.75, 3.05) is 5.32 Å². The summed E-state index contributed by atoms with van der Waals surface area (Å²) >= 11 is 7.27. The Balaban J connectivity index is 1.73. The molecule has 1 N–H and O–H groups in total. The second kappa shape index (κ2) is 6.03. The SMILES string of the molecule is O=C(Nc1ccc(-c2nccs2)cc1)c1ccc(Cl)nc1. The molecule has 3 rings (SSSR count). The van der Waals surface area contributed by atoms with Crippen LogP contribution in [0.3, 0.4) is 0 Å². The van der Waals surface area contributed by atoms with Gasteiger partial charge in [-0.3, -0.25) is 4.79 Å². The summed E-state index contributed by atoms with van der Waals surface area (Å²) in [7, 11) is 0. The van der Waals surface area contributed by atoms with Gasteiger partial charge in [-0.25, -0.2) is 9.97 Å². The van der Waals surface area contributed by atoms with Crippen LogP contribution in [0.2, 0.25) is 5.15 Å². The highest BCUT2D eigenvalue weighted by molar-refractivity contribution is 7.13. The molecule has 0 unspecified atom stereocenters. The maximum absolute atomic E-state index is 12.0. The molecule has 0 aliphatic heterocycles. The molecule has 4 nitrogen and oxygen atoms in total. The van der Waals surface area contributed by atoms with Crippen LogP contribution < -0.4 is 5.32 Å². The lowest BCUT2D eigenvalue weighted by Gasteiger charge is -2.05. The van der Waals surface area contributed by atoms with E-state index in [9.17, 15) is 4.79 Å². The average Bonchev–Trinajstić information content (AvgIpc) is 3.03. The molecule has 0 spiro atoms. The molecule has 6 heteroatoms. The first-order valence-electron chi connectivity index (χ1n) is 6.15. The van der Waals surface area contributed by atoms with Gasteiger partial charge in [0.25, 0.3) is 5.91 Å². The van der Waals surface area contributed by atoms with Crippen LogP contribution in [0.25, 0.3) is 10.6 Å². The Morgan fingerprint density at radius 3 is 2.52 bits per heavy atom. The van der Waals surface area contributed by atoms with Crippen molar-refractivity contribution in [1.29, 1.82) is 0 Å². The van der Waals surface area contributed by atoms with Crippen LogP contribution >= 0.6 is 22.9 Å². The van der Waals surface area contributed by atoms with Gasteiger partial charge in [-0.15, -0.1) is 11.3 Å². The zero-order chi connectivity index (χ0) is 14.7. The molecule has 0 fully saturated rings. The lowest BCUT2D eigenvalue weighted by atomic mass is 10.2. The third-order valence-electron chi connectivity index (χ3n) is 2.81. The fourth-order valence-corrected chi connectivity index (χ4v) is 2.53. The topological polar surface area (TPSA) is 54.9 Å². The van der Waals surface area contributed by atoms with Crippen molar-refractivity contribution in [3.05, 3.63) is 64.9 Å². The number of hydrogen-bond donors (Lipinski definition) is 1. The Hall–Kier alpha value is -2.24. The molecule has 21 heavy (non-hydrogen) atoms. The molecule has 1 amide bonds. The maximum atomic E-state index is 12.0. The van der Waals surface area contributed by atoms with Crippen molar-refractivity contribution < 1.29 is 4.79 Å². The van der Waals surface area contributed by atoms with Crippen molar-refractivity contribution >= 4 is 34.5 Å². The smallest absolute Gasteiger partial charge is 0.257 e. The molecule has 0 saturated heterocycles. The fraction of sp³-hybridized carbons (Fsp3) is 0. The average molecular weight is 316 g/mol. The summed E-state index contributed by atoms with van der Waals surface area (Å²) in [5, 5.41) is 6.05. The van der Waals surface area contributed by atoms with E-state index in [1.54, 1.807) is 29.7 Å². The highest BCUT2D eigenvalue weighted by atomic mass is 35.5. The lowest BCUT2D eigenvalue weighted by Crippen LogP contribution is -2.11. The van der Waals surface area contributed by atoms with Crippen LogP contribution in [0.4, 0.5) is 5.69 Å². The largest absolute Gasteiger partial charge is 0.322 e. The van der Waals surface area contributed by atoms with Gasteiger partial charge in [-0.1, -0.05) is 11.6 Å². The molecule has 2 aromatic heterocycles. The molecule has 104 valence electrons. The number of thiazole rings is 1. The van der Waals surface area contributed by atoms with Crippen molar-refractivity contribution in [1.82, 2.24) is 9.97 Å². The Kier molecular flexibility index (Phi) is 3.94. The number of nitrogens with one attached hydrogen (secondary N) is 1. The number of benzene rings is 1. The van der Waals surface area contributed by atoms with E-state index in [-0.39, 0.29) is 5.91 Å². The van der Waals surface area contributed by atoms with E-state index in [2.05, 4.69) is 15.3 Å². The van der Waals surface area contributed by atoms with Crippen molar-refractivity contribution in [2.45, 2.75) is 0 Å². The first kappa shape index (κ1) is 13.7. The van der Waals surface area contributed by atoms with Crippen molar-refractivity contribution in [3.8, 4) is 10.6 Å². The molecule has 0 saturated carbocycles. The molecule has 0 atom stereocenters. The van der Waals surface area contributed by atoms with Gasteiger partial charge >= 0.3 is 0 Å². The van der Waals surface area contributed by atoms with Crippen LogP contribution in [-0.2, 0) is 0 Å². The number of amides is 1. The minimum Gasteiger partial charge on any atom is -0.322 e. The number of hydrogen-bond acceptors (Lipinski definition) is 4. The molecule has 1 aromatic carbocycles. The van der Waals surface area contributed by atoms with Gasteiger partial charge in [0.15, 0.2) is 0 Å². The van der Waals surface area contributed by atoms with Gasteiger partial charge in [-0.05, 0) is 36.4 Å². The van der Waals surface area contributed by atoms with Gasteiger partial charge in [0.2, 0.25) is 0 Å². The first-order chi connectivity index (χ1) is 10.2. The summed E-state index contributed by atoms with van der Waals surface area (Å²) in [4.78, 5) is 20.2. The second-order valence-electron chi connectivity index (χ2n) is 4.24. The number of carbonyl (C=O) groups is 1. The quantitative estimate of drug-likeness (QED) is 0.740. The Labute approximate surface area is 130 Å². The number of anilines is 1.